The minimum atomic E-state index is 0.167. The van der Waals surface area contributed by atoms with Gasteiger partial charge >= 0.3 is 0 Å². The standard InChI is InChI=1S/C15H28N2O/c1-14(2)7-12(8-15(3,4)10-14)17-13(18)9-16-11-5-6-11/h11-12,16H,5-10H2,1-4H3,(H,17,18). The number of carbonyl (C=O) groups is 1. The van der Waals surface area contributed by atoms with Crippen LogP contribution in [-0.2, 0) is 4.79 Å². The Balaban J connectivity index is 1.81. The minimum absolute atomic E-state index is 0.167. The number of rotatable bonds is 4. The van der Waals surface area contributed by atoms with Gasteiger partial charge in [-0.3, -0.25) is 4.79 Å². The Morgan fingerprint density at radius 1 is 1.06 bits per heavy atom. The summed E-state index contributed by atoms with van der Waals surface area (Å²) in [5, 5.41) is 6.49. The molecule has 2 N–H and O–H groups in total. The van der Waals surface area contributed by atoms with Crippen LogP contribution in [0.25, 0.3) is 0 Å². The molecule has 104 valence electrons. The Labute approximate surface area is 111 Å². The van der Waals surface area contributed by atoms with Gasteiger partial charge in [0, 0.05) is 12.1 Å². The average molecular weight is 252 g/mol. The van der Waals surface area contributed by atoms with Crippen LogP contribution in [0.3, 0.4) is 0 Å². The van der Waals surface area contributed by atoms with E-state index in [1.54, 1.807) is 0 Å². The molecule has 0 aromatic heterocycles. The van der Waals surface area contributed by atoms with Crippen molar-refractivity contribution in [2.24, 2.45) is 10.8 Å². The first-order chi connectivity index (χ1) is 8.26. The quantitative estimate of drug-likeness (QED) is 0.807. The lowest BCUT2D eigenvalue weighted by atomic mass is 9.63. The molecule has 0 aromatic carbocycles. The monoisotopic (exact) mass is 252 g/mol. The van der Waals surface area contributed by atoms with Gasteiger partial charge in [0.25, 0.3) is 0 Å². The largest absolute Gasteiger partial charge is 0.352 e. The van der Waals surface area contributed by atoms with Gasteiger partial charge in [0.15, 0.2) is 0 Å². The Hall–Kier alpha value is -0.570. The highest BCUT2D eigenvalue weighted by Gasteiger charge is 2.38. The van der Waals surface area contributed by atoms with Crippen LogP contribution in [0.15, 0.2) is 0 Å². The third kappa shape index (κ3) is 4.27. The van der Waals surface area contributed by atoms with Crippen LogP contribution in [0.4, 0.5) is 0 Å². The molecule has 1 amide bonds. The van der Waals surface area contributed by atoms with Gasteiger partial charge in [0.05, 0.1) is 6.54 Å². The van der Waals surface area contributed by atoms with Gasteiger partial charge in [-0.2, -0.15) is 0 Å². The molecule has 0 saturated heterocycles. The SMILES string of the molecule is CC1(C)CC(NC(=O)CNC2CC2)CC(C)(C)C1. The van der Waals surface area contributed by atoms with Crippen molar-refractivity contribution in [3.8, 4) is 0 Å². The first kappa shape index (κ1) is 13.9. The first-order valence-electron chi connectivity index (χ1n) is 7.29. The number of hydrogen-bond acceptors (Lipinski definition) is 2. The summed E-state index contributed by atoms with van der Waals surface area (Å²) in [5.74, 6) is 0.167. The van der Waals surface area contributed by atoms with Crippen LogP contribution in [0, 0.1) is 10.8 Å². The number of amides is 1. The molecule has 2 fully saturated rings. The van der Waals surface area contributed by atoms with E-state index in [1.807, 2.05) is 0 Å². The summed E-state index contributed by atoms with van der Waals surface area (Å²) in [6.45, 7) is 9.75. The molecule has 0 bridgehead atoms. The maximum Gasteiger partial charge on any atom is 0.234 e. The van der Waals surface area contributed by atoms with Crippen molar-refractivity contribution in [3.63, 3.8) is 0 Å². The van der Waals surface area contributed by atoms with E-state index in [0.717, 1.165) is 12.8 Å². The van der Waals surface area contributed by atoms with E-state index in [4.69, 9.17) is 0 Å². The van der Waals surface area contributed by atoms with E-state index in [-0.39, 0.29) is 5.91 Å². The molecule has 0 heterocycles. The summed E-state index contributed by atoms with van der Waals surface area (Å²) in [6, 6.07) is 0.951. The fraction of sp³-hybridized carbons (Fsp3) is 0.933. The molecule has 0 aromatic rings. The highest BCUT2D eigenvalue weighted by Crippen LogP contribution is 2.45. The molecular weight excluding hydrogens is 224 g/mol. The smallest absolute Gasteiger partial charge is 0.234 e. The predicted molar refractivity (Wildman–Crippen MR) is 74.4 cm³/mol. The first-order valence-corrected chi connectivity index (χ1v) is 7.29. The van der Waals surface area contributed by atoms with E-state index in [2.05, 4.69) is 38.3 Å². The van der Waals surface area contributed by atoms with Gasteiger partial charge in [-0.1, -0.05) is 27.7 Å². The van der Waals surface area contributed by atoms with Crippen molar-refractivity contribution < 1.29 is 4.79 Å². The van der Waals surface area contributed by atoms with Crippen LogP contribution in [-0.4, -0.2) is 24.5 Å². The van der Waals surface area contributed by atoms with Gasteiger partial charge in [-0.05, 0) is 42.9 Å². The fourth-order valence-corrected chi connectivity index (χ4v) is 3.75. The lowest BCUT2D eigenvalue weighted by Crippen LogP contribution is -2.48. The third-order valence-corrected chi connectivity index (χ3v) is 4.05. The normalized spacial score (nSPS) is 26.9. The highest BCUT2D eigenvalue weighted by atomic mass is 16.2. The lowest BCUT2D eigenvalue weighted by molar-refractivity contribution is -0.121. The van der Waals surface area contributed by atoms with Crippen LogP contribution >= 0.6 is 0 Å². The molecule has 18 heavy (non-hydrogen) atoms. The van der Waals surface area contributed by atoms with E-state index < -0.39 is 0 Å². The van der Waals surface area contributed by atoms with E-state index >= 15 is 0 Å². The van der Waals surface area contributed by atoms with Crippen molar-refractivity contribution in [1.29, 1.82) is 0 Å². The van der Waals surface area contributed by atoms with E-state index in [0.29, 0.717) is 29.5 Å². The molecule has 2 rings (SSSR count). The molecule has 0 aliphatic heterocycles. The average Bonchev–Trinajstić information content (AvgIpc) is 2.92. The minimum Gasteiger partial charge on any atom is -0.352 e. The van der Waals surface area contributed by atoms with Gasteiger partial charge < -0.3 is 10.6 Å². The van der Waals surface area contributed by atoms with Crippen molar-refractivity contribution in [3.05, 3.63) is 0 Å². The molecule has 2 aliphatic carbocycles. The van der Waals surface area contributed by atoms with Crippen LogP contribution in [0.5, 0.6) is 0 Å². The Morgan fingerprint density at radius 2 is 1.61 bits per heavy atom. The summed E-state index contributed by atoms with van der Waals surface area (Å²) in [7, 11) is 0. The lowest BCUT2D eigenvalue weighted by Gasteiger charge is -2.45. The number of nitrogens with one attached hydrogen (secondary N) is 2. The fourth-order valence-electron chi connectivity index (χ4n) is 3.75. The van der Waals surface area contributed by atoms with Gasteiger partial charge in [0.1, 0.15) is 0 Å². The highest BCUT2D eigenvalue weighted by molar-refractivity contribution is 5.78. The number of carbonyl (C=O) groups excluding carboxylic acids is 1. The molecular formula is C15H28N2O. The second-order valence-electron chi connectivity index (χ2n) is 7.83. The van der Waals surface area contributed by atoms with Crippen molar-refractivity contribution in [2.45, 2.75) is 71.9 Å². The summed E-state index contributed by atoms with van der Waals surface area (Å²) < 4.78 is 0. The number of hydrogen-bond donors (Lipinski definition) is 2. The zero-order chi connectivity index (χ0) is 13.4. The van der Waals surface area contributed by atoms with Crippen LogP contribution in [0.2, 0.25) is 0 Å². The van der Waals surface area contributed by atoms with Crippen molar-refractivity contribution >= 4 is 5.91 Å². The van der Waals surface area contributed by atoms with Crippen molar-refractivity contribution in [1.82, 2.24) is 10.6 Å². The molecule has 0 spiro atoms. The summed E-state index contributed by atoms with van der Waals surface area (Å²) in [5.41, 5.74) is 0.674. The van der Waals surface area contributed by atoms with Gasteiger partial charge in [-0.15, -0.1) is 0 Å². The van der Waals surface area contributed by atoms with Crippen LogP contribution in [0.1, 0.15) is 59.8 Å². The second kappa shape index (κ2) is 4.84. The molecule has 0 atom stereocenters. The van der Waals surface area contributed by atoms with Gasteiger partial charge in [-0.25, -0.2) is 0 Å². The molecule has 0 unspecified atom stereocenters. The second-order valence-corrected chi connectivity index (χ2v) is 7.83. The van der Waals surface area contributed by atoms with E-state index in [9.17, 15) is 4.79 Å². The molecule has 2 aliphatic rings. The van der Waals surface area contributed by atoms with Gasteiger partial charge in [0.2, 0.25) is 5.91 Å². The van der Waals surface area contributed by atoms with Crippen molar-refractivity contribution in [2.75, 3.05) is 6.54 Å². The zero-order valence-electron chi connectivity index (χ0n) is 12.3. The maximum absolute atomic E-state index is 11.9. The predicted octanol–water partition coefficient (Wildman–Crippen LogP) is 2.46. The Kier molecular flexibility index (Phi) is 3.72. The Bertz CT molecular complexity index is 302. The summed E-state index contributed by atoms with van der Waals surface area (Å²) in [6.07, 6.45) is 5.91. The Morgan fingerprint density at radius 3 is 2.11 bits per heavy atom. The topological polar surface area (TPSA) is 41.1 Å². The summed E-state index contributed by atoms with van der Waals surface area (Å²) in [4.78, 5) is 11.9. The maximum atomic E-state index is 11.9. The summed E-state index contributed by atoms with van der Waals surface area (Å²) >= 11 is 0. The molecule has 2 saturated carbocycles. The molecule has 0 radical (unpaired) electrons. The van der Waals surface area contributed by atoms with E-state index in [1.165, 1.54) is 19.3 Å². The molecule has 3 nitrogen and oxygen atoms in total. The molecule has 3 heteroatoms. The zero-order valence-corrected chi connectivity index (χ0v) is 12.3. The van der Waals surface area contributed by atoms with Crippen LogP contribution < -0.4 is 10.6 Å². The third-order valence-electron chi connectivity index (χ3n) is 4.05.